The molecule has 0 atom stereocenters. The summed E-state index contributed by atoms with van der Waals surface area (Å²) in [4.78, 5) is 39.5. The molecule has 178 valence electrons. The van der Waals surface area contributed by atoms with Gasteiger partial charge in [-0.05, 0) is 48.5 Å². The number of ether oxygens (including phenoxy) is 2. The molecule has 2 aliphatic heterocycles. The minimum atomic E-state index is -0.443. The quantitative estimate of drug-likeness (QED) is 0.482. The van der Waals surface area contributed by atoms with Gasteiger partial charge in [-0.1, -0.05) is 41.0 Å². The van der Waals surface area contributed by atoms with Crippen LogP contribution >= 0.6 is 23.4 Å². The summed E-state index contributed by atoms with van der Waals surface area (Å²) in [6.45, 7) is 1.84. The molecule has 1 saturated heterocycles. The fraction of sp³-hybridized carbons (Fsp3) is 0.167. The van der Waals surface area contributed by atoms with Gasteiger partial charge < -0.3 is 19.3 Å². The van der Waals surface area contributed by atoms with Crippen molar-refractivity contribution >= 4 is 46.5 Å². The van der Waals surface area contributed by atoms with E-state index in [1.165, 1.54) is 0 Å². The van der Waals surface area contributed by atoms with E-state index in [2.05, 4.69) is 10.5 Å². The molecule has 1 fully saturated rings. The highest BCUT2D eigenvalue weighted by atomic mass is 35.5. The highest BCUT2D eigenvalue weighted by Crippen LogP contribution is 2.36. The van der Waals surface area contributed by atoms with E-state index in [9.17, 15) is 14.4 Å². The lowest BCUT2D eigenvalue weighted by Gasteiger charge is -2.13. The number of halogens is 1. The third-order valence-electron chi connectivity index (χ3n) is 5.41. The Bertz CT molecular complexity index is 1390. The van der Waals surface area contributed by atoms with Gasteiger partial charge in [0.2, 0.25) is 6.79 Å². The molecule has 3 amide bonds. The number of rotatable bonds is 6. The van der Waals surface area contributed by atoms with Crippen molar-refractivity contribution in [1.82, 2.24) is 15.4 Å². The van der Waals surface area contributed by atoms with Crippen molar-refractivity contribution in [3.63, 3.8) is 0 Å². The van der Waals surface area contributed by atoms with Crippen LogP contribution < -0.4 is 14.8 Å². The smallest absolute Gasteiger partial charge is 0.293 e. The number of benzene rings is 2. The van der Waals surface area contributed by atoms with Crippen LogP contribution in [0.5, 0.6) is 11.5 Å². The molecule has 3 aromatic rings. The van der Waals surface area contributed by atoms with Crippen LogP contribution in [0, 0.1) is 6.92 Å². The number of imide groups is 1. The zero-order chi connectivity index (χ0) is 24.5. The number of carbonyl (C=O) groups is 3. The summed E-state index contributed by atoms with van der Waals surface area (Å²) in [7, 11) is 0. The summed E-state index contributed by atoms with van der Waals surface area (Å²) >= 11 is 7.10. The molecule has 5 rings (SSSR count). The van der Waals surface area contributed by atoms with E-state index in [0.717, 1.165) is 16.7 Å². The van der Waals surface area contributed by atoms with Gasteiger partial charge in [0.05, 0.1) is 9.93 Å². The average molecular weight is 512 g/mol. The summed E-state index contributed by atoms with van der Waals surface area (Å²) in [5, 5.41) is 6.74. The van der Waals surface area contributed by atoms with Crippen molar-refractivity contribution in [2.75, 3.05) is 19.9 Å². The van der Waals surface area contributed by atoms with Crippen LogP contribution in [0.25, 0.3) is 17.3 Å². The molecule has 0 radical (unpaired) electrons. The molecule has 1 aromatic heterocycles. The van der Waals surface area contributed by atoms with Crippen LogP contribution in [-0.2, 0) is 4.79 Å². The molecule has 2 aromatic carbocycles. The van der Waals surface area contributed by atoms with Gasteiger partial charge in [-0.15, -0.1) is 0 Å². The lowest BCUT2D eigenvalue weighted by atomic mass is 10.1. The first-order valence-corrected chi connectivity index (χ1v) is 11.8. The molecule has 0 spiro atoms. The van der Waals surface area contributed by atoms with Crippen LogP contribution in [0.3, 0.4) is 0 Å². The van der Waals surface area contributed by atoms with Crippen molar-refractivity contribution in [2.45, 2.75) is 6.92 Å². The second-order valence-electron chi connectivity index (χ2n) is 7.64. The molecule has 35 heavy (non-hydrogen) atoms. The Balaban J connectivity index is 1.24. The number of hydrogen-bond acceptors (Lipinski definition) is 8. The van der Waals surface area contributed by atoms with Gasteiger partial charge in [-0.3, -0.25) is 19.3 Å². The minimum absolute atomic E-state index is 0.0145. The Kier molecular flexibility index (Phi) is 6.23. The predicted molar refractivity (Wildman–Crippen MR) is 129 cm³/mol. The van der Waals surface area contributed by atoms with Crippen molar-refractivity contribution < 1.29 is 28.4 Å². The van der Waals surface area contributed by atoms with E-state index in [1.807, 2.05) is 0 Å². The van der Waals surface area contributed by atoms with E-state index in [0.29, 0.717) is 39.1 Å². The zero-order valence-corrected chi connectivity index (χ0v) is 19.9. The molecule has 0 saturated carbocycles. The van der Waals surface area contributed by atoms with Crippen LogP contribution in [0.4, 0.5) is 4.79 Å². The first kappa shape index (κ1) is 23.0. The van der Waals surface area contributed by atoms with Crippen molar-refractivity contribution in [3.05, 3.63) is 69.3 Å². The van der Waals surface area contributed by atoms with E-state index >= 15 is 0 Å². The molecule has 2 aliphatic rings. The number of thioether (sulfide) groups is 1. The number of carbonyl (C=O) groups excluding carboxylic acids is 3. The van der Waals surface area contributed by atoms with E-state index in [-0.39, 0.29) is 30.4 Å². The number of amides is 3. The average Bonchev–Trinajstić information content (AvgIpc) is 3.53. The number of nitrogens with zero attached hydrogens (tertiary/aromatic N) is 2. The number of aryl methyl sites for hydroxylation is 1. The second-order valence-corrected chi connectivity index (χ2v) is 9.04. The molecule has 0 aliphatic carbocycles. The Morgan fingerprint density at radius 3 is 2.83 bits per heavy atom. The van der Waals surface area contributed by atoms with Crippen molar-refractivity contribution in [3.8, 4) is 22.8 Å². The van der Waals surface area contributed by atoms with Crippen molar-refractivity contribution in [2.24, 2.45) is 0 Å². The Morgan fingerprint density at radius 2 is 2.00 bits per heavy atom. The predicted octanol–water partition coefficient (Wildman–Crippen LogP) is 4.50. The summed E-state index contributed by atoms with van der Waals surface area (Å²) < 4.78 is 15.9. The number of nitrogens with one attached hydrogen (secondary N) is 1. The fourth-order valence-electron chi connectivity index (χ4n) is 3.69. The highest BCUT2D eigenvalue weighted by Gasteiger charge is 2.35. The van der Waals surface area contributed by atoms with Gasteiger partial charge in [-0.25, -0.2) is 0 Å². The molecule has 0 bridgehead atoms. The Morgan fingerprint density at radius 1 is 1.20 bits per heavy atom. The SMILES string of the molecule is Cc1onc(-c2ccccc2Cl)c1C(=O)NCCN1C(=O)S/C(=C\c2ccc3c(c2)OCO3)C1=O. The van der Waals surface area contributed by atoms with Crippen LogP contribution in [0.2, 0.25) is 5.02 Å². The van der Waals surface area contributed by atoms with E-state index in [4.69, 9.17) is 25.6 Å². The summed E-state index contributed by atoms with van der Waals surface area (Å²) in [5.74, 6) is 0.675. The fourth-order valence-corrected chi connectivity index (χ4v) is 4.78. The normalized spacial score (nSPS) is 15.8. The maximum absolute atomic E-state index is 12.9. The molecule has 3 heterocycles. The van der Waals surface area contributed by atoms with Crippen molar-refractivity contribution in [1.29, 1.82) is 0 Å². The zero-order valence-electron chi connectivity index (χ0n) is 18.4. The monoisotopic (exact) mass is 511 g/mol. The van der Waals surface area contributed by atoms with Crippen LogP contribution in [0.15, 0.2) is 51.9 Å². The number of hydrogen-bond donors (Lipinski definition) is 1. The highest BCUT2D eigenvalue weighted by molar-refractivity contribution is 8.18. The van der Waals surface area contributed by atoms with E-state index in [1.54, 1.807) is 55.5 Å². The Hall–Kier alpha value is -3.76. The molecule has 1 N–H and O–H groups in total. The number of aromatic nitrogens is 1. The molecule has 11 heteroatoms. The molecule has 9 nitrogen and oxygen atoms in total. The number of fused-ring (bicyclic) bond motifs is 1. The lowest BCUT2D eigenvalue weighted by Crippen LogP contribution is -2.37. The van der Waals surface area contributed by atoms with Gasteiger partial charge >= 0.3 is 0 Å². The third kappa shape index (κ3) is 4.50. The molecule has 0 unspecified atom stereocenters. The Labute approximate surface area is 209 Å². The molecular weight excluding hydrogens is 494 g/mol. The largest absolute Gasteiger partial charge is 0.454 e. The maximum Gasteiger partial charge on any atom is 0.293 e. The summed E-state index contributed by atoms with van der Waals surface area (Å²) in [6.07, 6.45) is 1.63. The minimum Gasteiger partial charge on any atom is -0.454 e. The van der Waals surface area contributed by atoms with Crippen LogP contribution in [-0.4, -0.2) is 47.0 Å². The third-order valence-corrected chi connectivity index (χ3v) is 6.64. The first-order chi connectivity index (χ1) is 16.9. The maximum atomic E-state index is 12.9. The lowest BCUT2D eigenvalue weighted by molar-refractivity contribution is -0.122. The van der Waals surface area contributed by atoms with Gasteiger partial charge in [0.1, 0.15) is 17.0 Å². The first-order valence-electron chi connectivity index (χ1n) is 10.6. The van der Waals surface area contributed by atoms with Gasteiger partial charge in [0, 0.05) is 18.7 Å². The topological polar surface area (TPSA) is 111 Å². The summed E-state index contributed by atoms with van der Waals surface area (Å²) in [6, 6.07) is 12.3. The van der Waals surface area contributed by atoms with Gasteiger partial charge in [-0.2, -0.15) is 0 Å². The molecular formula is C24H18ClN3O6S. The van der Waals surface area contributed by atoms with Crippen LogP contribution in [0.1, 0.15) is 21.7 Å². The standard InChI is InChI=1S/C24H18ClN3O6S/c1-13-20(21(27-34-13)15-4-2-3-5-16(15)25)22(29)26-8-9-28-23(30)19(35-24(28)31)11-14-6-7-17-18(10-14)33-12-32-17/h2-7,10-11H,8-9,12H2,1H3,(H,26,29)/b19-11-. The van der Waals surface area contributed by atoms with E-state index < -0.39 is 17.1 Å². The summed E-state index contributed by atoms with van der Waals surface area (Å²) in [5.41, 5.74) is 1.84. The van der Waals surface area contributed by atoms with Gasteiger partial charge in [0.15, 0.2) is 11.5 Å². The second kappa shape index (κ2) is 9.47. The van der Waals surface area contributed by atoms with Gasteiger partial charge in [0.25, 0.3) is 17.1 Å².